The Morgan fingerprint density at radius 2 is 1.90 bits per heavy atom. The van der Waals surface area contributed by atoms with Crippen molar-refractivity contribution in [3.8, 4) is 11.1 Å². The molecule has 154 valence electrons. The largest absolute Gasteiger partial charge is 0.477 e. The number of H-pyrrole nitrogens is 1. The average molecular weight is 432 g/mol. The van der Waals surface area contributed by atoms with Gasteiger partial charge in [0.2, 0.25) is 0 Å². The summed E-state index contributed by atoms with van der Waals surface area (Å²) in [5.41, 5.74) is 4.29. The highest BCUT2D eigenvalue weighted by Gasteiger charge is 2.51. The van der Waals surface area contributed by atoms with Gasteiger partial charge in [-0.3, -0.25) is 9.69 Å². The minimum atomic E-state index is -1.10. The van der Waals surface area contributed by atoms with Crippen molar-refractivity contribution in [1.29, 1.82) is 0 Å². The maximum absolute atomic E-state index is 12.8. The van der Waals surface area contributed by atoms with E-state index in [0.717, 1.165) is 16.7 Å². The molecule has 0 radical (unpaired) electrons. The van der Waals surface area contributed by atoms with Crippen LogP contribution in [0.25, 0.3) is 16.7 Å². The Morgan fingerprint density at radius 3 is 2.58 bits per heavy atom. The number of fused-ring (bicyclic) bond motifs is 1. The summed E-state index contributed by atoms with van der Waals surface area (Å²) in [6.45, 7) is 0.643. The summed E-state index contributed by atoms with van der Waals surface area (Å²) in [6, 6.07) is 14.3. The summed E-state index contributed by atoms with van der Waals surface area (Å²) in [7, 11) is 0. The Bertz CT molecular complexity index is 1200. The lowest BCUT2D eigenvalue weighted by molar-refractivity contribution is -0.695. The van der Waals surface area contributed by atoms with Crippen LogP contribution in [0.15, 0.2) is 77.7 Å². The summed E-state index contributed by atoms with van der Waals surface area (Å²) in [6.07, 6.45) is 6.18. The van der Waals surface area contributed by atoms with Gasteiger partial charge in [-0.15, -0.1) is 11.8 Å². The molecule has 1 atom stereocenters. The van der Waals surface area contributed by atoms with E-state index < -0.39 is 5.97 Å². The lowest BCUT2D eigenvalue weighted by Crippen LogP contribution is -2.52. The van der Waals surface area contributed by atoms with E-state index in [4.69, 9.17) is 0 Å². The Kier molecular flexibility index (Phi) is 4.87. The van der Waals surface area contributed by atoms with Crippen molar-refractivity contribution in [2.45, 2.75) is 18.3 Å². The molecule has 0 aliphatic carbocycles. The van der Waals surface area contributed by atoms with Crippen molar-refractivity contribution >= 4 is 29.2 Å². The first-order valence-electron chi connectivity index (χ1n) is 9.69. The van der Waals surface area contributed by atoms with Crippen LogP contribution < -0.4 is 4.57 Å². The van der Waals surface area contributed by atoms with Crippen molar-refractivity contribution in [3.05, 3.63) is 83.4 Å². The maximum atomic E-state index is 12.8. The zero-order valence-electron chi connectivity index (χ0n) is 16.3. The number of carbonyl (C=O) groups excluding carboxylic acids is 1. The molecule has 4 heterocycles. The van der Waals surface area contributed by atoms with Gasteiger partial charge in [-0.25, -0.2) is 9.36 Å². The zero-order valence-corrected chi connectivity index (χ0v) is 17.1. The predicted molar refractivity (Wildman–Crippen MR) is 114 cm³/mol. The van der Waals surface area contributed by atoms with Crippen molar-refractivity contribution in [1.82, 2.24) is 20.3 Å². The van der Waals surface area contributed by atoms with Crippen LogP contribution in [0.3, 0.4) is 0 Å². The van der Waals surface area contributed by atoms with E-state index in [9.17, 15) is 14.7 Å². The number of carboxylic acid groups (broad SMARTS) is 1. The molecule has 2 N–H and O–H groups in total. The third-order valence-electron chi connectivity index (χ3n) is 5.39. The van der Waals surface area contributed by atoms with E-state index in [1.165, 1.54) is 22.1 Å². The number of nitrogens with zero attached hydrogens (tertiary/aromatic N) is 4. The van der Waals surface area contributed by atoms with Crippen LogP contribution in [0.2, 0.25) is 0 Å². The molecule has 1 fully saturated rings. The second-order valence-electron chi connectivity index (χ2n) is 7.16. The lowest BCUT2D eigenvalue weighted by Gasteiger charge is -2.38. The highest BCUT2D eigenvalue weighted by molar-refractivity contribution is 8.03. The number of allylic oxidation sites excluding steroid dienone is 1. The molecular formula is C22H18N5O3S+. The Labute approximate surface area is 181 Å². The smallest absolute Gasteiger partial charge is 0.353 e. The molecule has 0 saturated carbocycles. The van der Waals surface area contributed by atoms with Gasteiger partial charge in [-0.05, 0) is 16.7 Å². The second kappa shape index (κ2) is 7.84. The molecule has 1 saturated heterocycles. The van der Waals surface area contributed by atoms with Crippen LogP contribution in [0.1, 0.15) is 12.1 Å². The third kappa shape index (κ3) is 3.42. The fourth-order valence-electron chi connectivity index (χ4n) is 3.80. The maximum Gasteiger partial charge on any atom is 0.353 e. The summed E-state index contributed by atoms with van der Waals surface area (Å²) < 4.78 is 2.05. The monoisotopic (exact) mass is 432 g/mol. The standard InChI is InChI=1S/C22H17N5O3S/c28-20-19(21-27(20)18(13-31-21)22(29)30)16(17-12-23-25-24-17)8-11-26-9-6-15(7-10-26)14-4-2-1-3-5-14/h1-7,9-10,12-13,21H,8,11H2,(H-,23,24,25,28,29,30)/p+1/t21-/m1/s1. The number of hydrogen-bond donors (Lipinski definition) is 2. The molecule has 1 aromatic carbocycles. The molecule has 5 rings (SSSR count). The van der Waals surface area contributed by atoms with Crippen LogP contribution in [0.5, 0.6) is 0 Å². The van der Waals surface area contributed by atoms with Crippen LogP contribution in [-0.2, 0) is 16.1 Å². The molecule has 9 heteroatoms. The van der Waals surface area contributed by atoms with E-state index in [2.05, 4.69) is 44.2 Å². The Morgan fingerprint density at radius 1 is 1.16 bits per heavy atom. The summed E-state index contributed by atoms with van der Waals surface area (Å²) in [5.74, 6) is -1.38. The number of carbonyl (C=O) groups is 2. The quantitative estimate of drug-likeness (QED) is 0.352. The molecule has 0 bridgehead atoms. The summed E-state index contributed by atoms with van der Waals surface area (Å²) in [4.78, 5) is 25.5. The SMILES string of the molecule is O=C(O)C1=CS[C@@H]2/C(=C(/CC[n+]3ccc(-c4ccccc4)cc3)c3cn[nH]n3)C(=O)N12. The van der Waals surface area contributed by atoms with E-state index >= 15 is 0 Å². The van der Waals surface area contributed by atoms with Crippen molar-refractivity contribution < 1.29 is 19.3 Å². The molecule has 8 nitrogen and oxygen atoms in total. The van der Waals surface area contributed by atoms with E-state index in [0.29, 0.717) is 24.2 Å². The van der Waals surface area contributed by atoms with Gasteiger partial charge in [0.25, 0.3) is 5.91 Å². The molecule has 3 aromatic rings. The highest BCUT2D eigenvalue weighted by Crippen LogP contribution is 2.47. The van der Waals surface area contributed by atoms with E-state index in [1.54, 1.807) is 6.20 Å². The minimum absolute atomic E-state index is 0.0223. The number of aromatic amines is 1. The molecule has 0 unspecified atom stereocenters. The first-order chi connectivity index (χ1) is 15.1. The predicted octanol–water partition coefficient (Wildman–Crippen LogP) is 2.44. The summed E-state index contributed by atoms with van der Waals surface area (Å²) in [5, 5.41) is 21.1. The number of amides is 1. The molecule has 31 heavy (non-hydrogen) atoms. The Hall–Kier alpha value is -3.72. The molecule has 0 spiro atoms. The van der Waals surface area contributed by atoms with Gasteiger partial charge in [0.15, 0.2) is 18.9 Å². The van der Waals surface area contributed by atoms with Crippen molar-refractivity contribution in [3.63, 3.8) is 0 Å². The van der Waals surface area contributed by atoms with Crippen molar-refractivity contribution in [2.24, 2.45) is 0 Å². The van der Waals surface area contributed by atoms with Crippen molar-refractivity contribution in [2.75, 3.05) is 0 Å². The van der Waals surface area contributed by atoms with Gasteiger partial charge >= 0.3 is 5.97 Å². The topological polar surface area (TPSA) is 103 Å². The second-order valence-corrected chi connectivity index (χ2v) is 8.11. The number of β-lactam (4-membered cyclic amide) rings is 1. The lowest BCUT2D eigenvalue weighted by atomic mass is 9.94. The van der Waals surface area contributed by atoms with Crippen LogP contribution >= 0.6 is 11.8 Å². The number of benzene rings is 1. The third-order valence-corrected chi connectivity index (χ3v) is 6.45. The molecule has 2 aliphatic heterocycles. The number of carboxylic acids is 1. The average Bonchev–Trinajstić information content (AvgIpc) is 3.46. The van der Waals surface area contributed by atoms with E-state index in [-0.39, 0.29) is 17.0 Å². The number of aliphatic carboxylic acids is 1. The molecule has 2 aliphatic rings. The van der Waals surface area contributed by atoms with Gasteiger partial charge in [0, 0.05) is 24.0 Å². The number of nitrogens with one attached hydrogen (secondary N) is 1. The van der Waals surface area contributed by atoms with Gasteiger partial charge in [-0.1, -0.05) is 30.3 Å². The number of aromatic nitrogens is 4. The van der Waals surface area contributed by atoms with Gasteiger partial charge in [0.05, 0.1) is 11.8 Å². The number of aryl methyl sites for hydroxylation is 1. The zero-order chi connectivity index (χ0) is 21.4. The first-order valence-corrected chi connectivity index (χ1v) is 10.6. The van der Waals surface area contributed by atoms with Gasteiger partial charge in [0.1, 0.15) is 16.8 Å². The number of thioether (sulfide) groups is 1. The Balaban J connectivity index is 1.38. The van der Waals surface area contributed by atoms with Crippen LogP contribution in [0, 0.1) is 0 Å². The number of pyridine rings is 1. The fourth-order valence-corrected chi connectivity index (χ4v) is 4.99. The van der Waals surface area contributed by atoms with Crippen LogP contribution in [0.4, 0.5) is 0 Å². The molecule has 1 amide bonds. The number of rotatable bonds is 6. The van der Waals surface area contributed by atoms with E-state index in [1.807, 2.05) is 30.6 Å². The first kappa shape index (κ1) is 19.3. The van der Waals surface area contributed by atoms with Gasteiger partial charge < -0.3 is 5.11 Å². The van der Waals surface area contributed by atoms with Gasteiger partial charge in [-0.2, -0.15) is 15.4 Å². The van der Waals surface area contributed by atoms with Crippen LogP contribution in [-0.4, -0.2) is 42.7 Å². The molecular weight excluding hydrogens is 414 g/mol. The summed E-state index contributed by atoms with van der Waals surface area (Å²) >= 11 is 1.33. The number of hydrogen-bond acceptors (Lipinski definition) is 5. The fraction of sp³-hybridized carbons (Fsp3) is 0.136. The highest BCUT2D eigenvalue weighted by atomic mass is 32.2. The molecule has 2 aromatic heterocycles. The normalized spacial score (nSPS) is 19.0. The minimum Gasteiger partial charge on any atom is -0.477 e.